The van der Waals surface area contributed by atoms with E-state index in [-0.39, 0.29) is 17.1 Å². The van der Waals surface area contributed by atoms with Gasteiger partial charge in [-0.15, -0.1) is 0 Å². The summed E-state index contributed by atoms with van der Waals surface area (Å²) in [7, 11) is 0. The van der Waals surface area contributed by atoms with E-state index in [4.69, 9.17) is 16.1 Å². The Kier molecular flexibility index (Phi) is 2.74. The zero-order valence-corrected chi connectivity index (χ0v) is 8.00. The molecule has 1 amide bonds. The summed E-state index contributed by atoms with van der Waals surface area (Å²) < 4.78 is 0.353. The largest absolute Gasteiger partial charge is 0.504 e. The lowest BCUT2D eigenvalue weighted by Gasteiger charge is -2.04. The topological polar surface area (TPSA) is 95.6 Å². The fourth-order valence-electron chi connectivity index (χ4n) is 0.803. The molecule has 13 heavy (non-hydrogen) atoms. The summed E-state index contributed by atoms with van der Waals surface area (Å²) in [4.78, 5) is 11.0. The number of phenols is 2. The number of rotatable bonds is 1. The summed E-state index contributed by atoms with van der Waals surface area (Å²) in [5.41, 5.74) is 2.06. The van der Waals surface area contributed by atoms with Crippen LogP contribution in [0.5, 0.6) is 11.5 Å². The Labute approximate surface area is 82.3 Å². The molecule has 0 saturated heterocycles. The standard InChI is InChI=1S/C7H7BrN2O3/c8-4-2-6(12)5(11)1-3(4)7(13)10-9/h1-2,11-12H,9H2,(H,10,13). The molecule has 0 fully saturated rings. The molecule has 0 aliphatic rings. The number of aromatic hydroxyl groups is 2. The van der Waals surface area contributed by atoms with Crippen LogP contribution in [0.15, 0.2) is 16.6 Å². The minimum absolute atomic E-state index is 0.151. The molecule has 5 N–H and O–H groups in total. The zero-order valence-electron chi connectivity index (χ0n) is 6.41. The first-order valence-electron chi connectivity index (χ1n) is 3.28. The number of nitrogens with two attached hydrogens (primary N) is 1. The number of hydrogen-bond donors (Lipinski definition) is 4. The van der Waals surface area contributed by atoms with Gasteiger partial charge in [-0.2, -0.15) is 0 Å². The van der Waals surface area contributed by atoms with E-state index in [1.807, 2.05) is 5.43 Å². The van der Waals surface area contributed by atoms with Crippen molar-refractivity contribution in [2.45, 2.75) is 0 Å². The summed E-state index contributed by atoms with van der Waals surface area (Å²) in [6, 6.07) is 2.32. The predicted molar refractivity (Wildman–Crippen MR) is 49.1 cm³/mol. The molecule has 0 atom stereocenters. The van der Waals surface area contributed by atoms with Gasteiger partial charge in [0.05, 0.1) is 5.56 Å². The number of benzene rings is 1. The molecule has 6 heteroatoms. The van der Waals surface area contributed by atoms with E-state index in [1.165, 1.54) is 6.07 Å². The molecule has 0 bridgehead atoms. The molecular weight excluding hydrogens is 240 g/mol. The second-order valence-corrected chi connectivity index (χ2v) is 3.15. The van der Waals surface area contributed by atoms with Crippen LogP contribution in [0, 0.1) is 0 Å². The molecule has 0 unspecified atom stereocenters. The molecular formula is C7H7BrN2O3. The van der Waals surface area contributed by atoms with Crippen molar-refractivity contribution in [3.05, 3.63) is 22.2 Å². The highest BCUT2D eigenvalue weighted by molar-refractivity contribution is 9.10. The van der Waals surface area contributed by atoms with Gasteiger partial charge in [-0.05, 0) is 28.1 Å². The average molecular weight is 247 g/mol. The normalized spacial score (nSPS) is 9.69. The highest BCUT2D eigenvalue weighted by atomic mass is 79.9. The number of phenolic OH excluding ortho intramolecular Hbond substituents is 2. The first-order chi connectivity index (χ1) is 6.06. The molecule has 5 nitrogen and oxygen atoms in total. The number of hydrazine groups is 1. The zero-order chi connectivity index (χ0) is 10.0. The van der Waals surface area contributed by atoms with Crippen LogP contribution in [0.4, 0.5) is 0 Å². The third kappa shape index (κ3) is 1.90. The van der Waals surface area contributed by atoms with Crippen LogP contribution in [0.2, 0.25) is 0 Å². The number of carbonyl (C=O) groups excluding carboxylic acids is 1. The molecule has 70 valence electrons. The van der Waals surface area contributed by atoms with Crippen molar-refractivity contribution in [3.63, 3.8) is 0 Å². The van der Waals surface area contributed by atoms with E-state index in [2.05, 4.69) is 15.9 Å². The molecule has 0 saturated carbocycles. The van der Waals surface area contributed by atoms with Crippen molar-refractivity contribution in [2.24, 2.45) is 5.84 Å². The van der Waals surface area contributed by atoms with Crippen molar-refractivity contribution >= 4 is 21.8 Å². The number of nitrogens with one attached hydrogen (secondary N) is 1. The van der Waals surface area contributed by atoms with E-state index in [1.54, 1.807) is 0 Å². The van der Waals surface area contributed by atoms with Crippen molar-refractivity contribution in [1.82, 2.24) is 5.43 Å². The maximum absolute atomic E-state index is 11.0. The first kappa shape index (κ1) is 9.82. The lowest BCUT2D eigenvalue weighted by Crippen LogP contribution is -2.30. The fraction of sp³-hybridized carbons (Fsp3) is 0. The fourth-order valence-corrected chi connectivity index (χ4v) is 1.31. The summed E-state index contributed by atoms with van der Waals surface area (Å²) in [6.45, 7) is 0. The Balaban J connectivity index is 3.23. The quantitative estimate of drug-likeness (QED) is 0.251. The molecule has 0 radical (unpaired) electrons. The summed E-state index contributed by atoms with van der Waals surface area (Å²) in [5.74, 6) is 3.66. The molecule has 1 rings (SSSR count). The number of nitrogen functional groups attached to an aromatic ring is 1. The number of hydrogen-bond acceptors (Lipinski definition) is 4. The van der Waals surface area contributed by atoms with Gasteiger partial charge in [0.15, 0.2) is 11.5 Å². The Morgan fingerprint density at radius 1 is 1.38 bits per heavy atom. The van der Waals surface area contributed by atoms with Crippen LogP contribution in [0.1, 0.15) is 10.4 Å². The molecule has 0 aliphatic carbocycles. The van der Waals surface area contributed by atoms with E-state index >= 15 is 0 Å². The van der Waals surface area contributed by atoms with Crippen molar-refractivity contribution in [2.75, 3.05) is 0 Å². The molecule has 1 aromatic rings. The molecule has 0 aromatic heterocycles. The van der Waals surface area contributed by atoms with Gasteiger partial charge in [0.25, 0.3) is 5.91 Å². The summed E-state index contributed by atoms with van der Waals surface area (Å²) >= 11 is 3.04. The molecule has 0 spiro atoms. The van der Waals surface area contributed by atoms with Gasteiger partial charge in [-0.1, -0.05) is 0 Å². The second kappa shape index (κ2) is 3.63. The highest BCUT2D eigenvalue weighted by Crippen LogP contribution is 2.31. The van der Waals surface area contributed by atoms with Crippen molar-refractivity contribution in [3.8, 4) is 11.5 Å². The Morgan fingerprint density at radius 3 is 2.46 bits per heavy atom. The third-order valence-corrected chi connectivity index (χ3v) is 2.10. The van der Waals surface area contributed by atoms with E-state index in [0.29, 0.717) is 4.47 Å². The maximum Gasteiger partial charge on any atom is 0.266 e. The predicted octanol–water partition coefficient (Wildman–Crippen LogP) is 0.464. The van der Waals surface area contributed by atoms with Crippen molar-refractivity contribution in [1.29, 1.82) is 0 Å². The van der Waals surface area contributed by atoms with Crippen LogP contribution in [-0.4, -0.2) is 16.1 Å². The Hall–Kier alpha value is -1.27. The lowest BCUT2D eigenvalue weighted by molar-refractivity contribution is 0.0952. The molecule has 1 aromatic carbocycles. The Bertz CT molecular complexity index is 354. The summed E-state index contributed by atoms with van der Waals surface area (Å²) in [5, 5.41) is 18.1. The van der Waals surface area contributed by atoms with Gasteiger partial charge in [0, 0.05) is 4.47 Å². The third-order valence-electron chi connectivity index (χ3n) is 1.44. The van der Waals surface area contributed by atoms with Crippen molar-refractivity contribution < 1.29 is 15.0 Å². The van der Waals surface area contributed by atoms with Gasteiger partial charge < -0.3 is 10.2 Å². The number of amides is 1. The maximum atomic E-state index is 11.0. The van der Waals surface area contributed by atoms with Gasteiger partial charge in [0.2, 0.25) is 0 Å². The first-order valence-corrected chi connectivity index (χ1v) is 4.08. The van der Waals surface area contributed by atoms with E-state index in [9.17, 15) is 4.79 Å². The molecule has 0 aliphatic heterocycles. The summed E-state index contributed by atoms with van der Waals surface area (Å²) in [6.07, 6.45) is 0. The molecule has 0 heterocycles. The van der Waals surface area contributed by atoms with Crippen LogP contribution in [0.3, 0.4) is 0 Å². The number of halogens is 1. The van der Waals surface area contributed by atoms with Crippen LogP contribution < -0.4 is 11.3 Å². The SMILES string of the molecule is NNC(=O)c1cc(O)c(O)cc1Br. The highest BCUT2D eigenvalue weighted by Gasteiger charge is 2.12. The van der Waals surface area contributed by atoms with Crippen LogP contribution in [0.25, 0.3) is 0 Å². The van der Waals surface area contributed by atoms with Gasteiger partial charge in [0.1, 0.15) is 0 Å². The second-order valence-electron chi connectivity index (χ2n) is 2.29. The average Bonchev–Trinajstić information content (AvgIpc) is 2.10. The van der Waals surface area contributed by atoms with E-state index in [0.717, 1.165) is 6.07 Å². The van der Waals surface area contributed by atoms with E-state index < -0.39 is 5.91 Å². The van der Waals surface area contributed by atoms with Crippen LogP contribution >= 0.6 is 15.9 Å². The van der Waals surface area contributed by atoms with Gasteiger partial charge in [-0.25, -0.2) is 5.84 Å². The van der Waals surface area contributed by atoms with Crippen LogP contribution in [-0.2, 0) is 0 Å². The number of carbonyl (C=O) groups is 1. The minimum Gasteiger partial charge on any atom is -0.504 e. The minimum atomic E-state index is -0.554. The van der Waals surface area contributed by atoms with Gasteiger partial charge in [-0.3, -0.25) is 10.2 Å². The Morgan fingerprint density at radius 2 is 1.92 bits per heavy atom. The smallest absolute Gasteiger partial charge is 0.266 e. The van der Waals surface area contributed by atoms with Gasteiger partial charge >= 0.3 is 0 Å². The monoisotopic (exact) mass is 246 g/mol. The lowest BCUT2D eigenvalue weighted by atomic mass is 10.2.